The van der Waals surface area contributed by atoms with Crippen molar-refractivity contribution >= 4 is 17.6 Å². The minimum atomic E-state index is -4.40. The topological polar surface area (TPSA) is 70.2 Å². The van der Waals surface area contributed by atoms with Crippen LogP contribution in [0.4, 0.5) is 23.7 Å². The fourth-order valence-corrected chi connectivity index (χ4v) is 1.96. The molecule has 1 aliphatic heterocycles. The van der Waals surface area contributed by atoms with Crippen molar-refractivity contribution in [3.63, 3.8) is 0 Å². The van der Waals surface area contributed by atoms with Crippen molar-refractivity contribution in [2.45, 2.75) is 25.1 Å². The van der Waals surface area contributed by atoms with E-state index in [1.807, 2.05) is 0 Å². The zero-order chi connectivity index (χ0) is 15.5. The van der Waals surface area contributed by atoms with Crippen molar-refractivity contribution < 1.29 is 22.8 Å². The highest BCUT2D eigenvalue weighted by Gasteiger charge is 2.30. The number of hydrogen-bond donors (Lipinski definition) is 3. The number of hydrogen-bond acceptors (Lipinski definition) is 2. The molecule has 1 atom stereocenters. The van der Waals surface area contributed by atoms with E-state index >= 15 is 0 Å². The first-order chi connectivity index (χ1) is 9.84. The van der Waals surface area contributed by atoms with Gasteiger partial charge in [0, 0.05) is 24.7 Å². The smallest absolute Gasteiger partial charge is 0.352 e. The first-order valence-corrected chi connectivity index (χ1v) is 6.36. The molecule has 0 saturated carbocycles. The molecule has 0 aliphatic carbocycles. The minimum Gasteiger partial charge on any atom is -0.352 e. The lowest BCUT2D eigenvalue weighted by molar-refractivity contribution is -0.137. The molecule has 3 amide bonds. The van der Waals surface area contributed by atoms with E-state index in [0.29, 0.717) is 12.8 Å². The SMILES string of the molecule is O=C1CC[C@H](CNC(=O)Nc2ccc(C(F)(F)F)cc2)N1. The highest BCUT2D eigenvalue weighted by molar-refractivity contribution is 5.89. The molecule has 1 fully saturated rings. The average molecular weight is 301 g/mol. The fraction of sp³-hybridized carbons (Fsp3) is 0.385. The second-order valence-corrected chi connectivity index (χ2v) is 4.71. The lowest BCUT2D eigenvalue weighted by atomic mass is 10.2. The summed E-state index contributed by atoms with van der Waals surface area (Å²) in [6, 6.07) is 3.52. The molecule has 114 valence electrons. The van der Waals surface area contributed by atoms with Gasteiger partial charge in [0.15, 0.2) is 0 Å². The second-order valence-electron chi connectivity index (χ2n) is 4.71. The third-order valence-corrected chi connectivity index (χ3v) is 3.06. The van der Waals surface area contributed by atoms with Gasteiger partial charge in [0.25, 0.3) is 0 Å². The number of alkyl halides is 3. The molecule has 1 aliphatic rings. The first kappa shape index (κ1) is 15.1. The molecule has 0 bridgehead atoms. The summed E-state index contributed by atoms with van der Waals surface area (Å²) >= 11 is 0. The average Bonchev–Trinajstić information content (AvgIpc) is 2.82. The molecule has 1 heterocycles. The zero-order valence-corrected chi connectivity index (χ0v) is 11.0. The maximum absolute atomic E-state index is 12.4. The Bertz CT molecular complexity index is 528. The number of amides is 3. The van der Waals surface area contributed by atoms with Gasteiger partial charge < -0.3 is 16.0 Å². The van der Waals surface area contributed by atoms with Crippen LogP contribution in [0.2, 0.25) is 0 Å². The van der Waals surface area contributed by atoms with E-state index in [0.717, 1.165) is 12.1 Å². The molecule has 1 aromatic rings. The van der Waals surface area contributed by atoms with Crippen LogP contribution in [0.3, 0.4) is 0 Å². The third-order valence-electron chi connectivity index (χ3n) is 3.06. The number of halogens is 3. The predicted octanol–water partition coefficient (Wildman–Crippen LogP) is 2.11. The molecule has 21 heavy (non-hydrogen) atoms. The molecular weight excluding hydrogens is 287 g/mol. The van der Waals surface area contributed by atoms with Gasteiger partial charge >= 0.3 is 12.2 Å². The normalized spacial score (nSPS) is 18.2. The van der Waals surface area contributed by atoms with Gasteiger partial charge in [-0.2, -0.15) is 13.2 Å². The molecule has 2 rings (SSSR count). The van der Waals surface area contributed by atoms with E-state index < -0.39 is 17.8 Å². The molecule has 8 heteroatoms. The summed E-state index contributed by atoms with van der Waals surface area (Å²) in [4.78, 5) is 22.5. The number of nitrogens with one attached hydrogen (secondary N) is 3. The van der Waals surface area contributed by atoms with Gasteiger partial charge in [-0.1, -0.05) is 0 Å². The summed E-state index contributed by atoms with van der Waals surface area (Å²) in [6.07, 6.45) is -3.31. The predicted molar refractivity (Wildman–Crippen MR) is 69.6 cm³/mol. The van der Waals surface area contributed by atoms with Crippen LogP contribution in [-0.4, -0.2) is 24.5 Å². The van der Waals surface area contributed by atoms with E-state index in [1.165, 1.54) is 12.1 Å². The maximum Gasteiger partial charge on any atom is 0.416 e. The van der Waals surface area contributed by atoms with Crippen molar-refractivity contribution in [1.82, 2.24) is 10.6 Å². The van der Waals surface area contributed by atoms with Gasteiger partial charge in [0.1, 0.15) is 0 Å². The molecule has 5 nitrogen and oxygen atoms in total. The van der Waals surface area contributed by atoms with E-state index in [2.05, 4.69) is 16.0 Å². The van der Waals surface area contributed by atoms with Crippen LogP contribution in [0.1, 0.15) is 18.4 Å². The lowest BCUT2D eigenvalue weighted by Gasteiger charge is -2.12. The van der Waals surface area contributed by atoms with Gasteiger partial charge in [-0.25, -0.2) is 4.79 Å². The second kappa shape index (κ2) is 6.02. The molecule has 0 spiro atoms. The zero-order valence-electron chi connectivity index (χ0n) is 11.0. The number of carbonyl (C=O) groups excluding carboxylic acids is 2. The van der Waals surface area contributed by atoms with Crippen molar-refractivity contribution in [1.29, 1.82) is 0 Å². The fourth-order valence-electron chi connectivity index (χ4n) is 1.96. The molecule has 0 radical (unpaired) electrons. The van der Waals surface area contributed by atoms with Gasteiger partial charge in [-0.15, -0.1) is 0 Å². The minimum absolute atomic E-state index is 0.0510. The Morgan fingerprint density at radius 3 is 2.48 bits per heavy atom. The van der Waals surface area contributed by atoms with Crippen LogP contribution >= 0.6 is 0 Å². The highest BCUT2D eigenvalue weighted by atomic mass is 19.4. The maximum atomic E-state index is 12.4. The van der Waals surface area contributed by atoms with Crippen LogP contribution in [-0.2, 0) is 11.0 Å². The number of benzene rings is 1. The van der Waals surface area contributed by atoms with Crippen LogP contribution in [0.25, 0.3) is 0 Å². The van der Waals surface area contributed by atoms with E-state index in [1.54, 1.807) is 0 Å². The molecular formula is C13H14F3N3O2. The lowest BCUT2D eigenvalue weighted by Crippen LogP contribution is -2.40. The summed E-state index contributed by atoms with van der Waals surface area (Å²) in [5.74, 6) is -0.0510. The molecule has 3 N–H and O–H groups in total. The number of anilines is 1. The van der Waals surface area contributed by atoms with Gasteiger partial charge in [0.2, 0.25) is 5.91 Å². The van der Waals surface area contributed by atoms with E-state index in [-0.39, 0.29) is 24.2 Å². The van der Waals surface area contributed by atoms with Gasteiger partial charge in [0.05, 0.1) is 5.56 Å². The number of rotatable bonds is 3. The summed E-state index contributed by atoms with van der Waals surface area (Å²) in [5, 5.41) is 7.67. The van der Waals surface area contributed by atoms with Gasteiger partial charge in [-0.05, 0) is 30.7 Å². The van der Waals surface area contributed by atoms with Crippen molar-refractivity contribution in [3.05, 3.63) is 29.8 Å². The van der Waals surface area contributed by atoms with Crippen molar-refractivity contribution in [2.75, 3.05) is 11.9 Å². The van der Waals surface area contributed by atoms with E-state index in [9.17, 15) is 22.8 Å². The Kier molecular flexibility index (Phi) is 4.35. The number of carbonyl (C=O) groups is 2. The van der Waals surface area contributed by atoms with Crippen molar-refractivity contribution in [3.8, 4) is 0 Å². The first-order valence-electron chi connectivity index (χ1n) is 6.36. The van der Waals surface area contributed by atoms with Crippen LogP contribution < -0.4 is 16.0 Å². The molecule has 1 aromatic carbocycles. The largest absolute Gasteiger partial charge is 0.416 e. The molecule has 0 unspecified atom stereocenters. The molecule has 1 saturated heterocycles. The molecule has 0 aromatic heterocycles. The van der Waals surface area contributed by atoms with Gasteiger partial charge in [-0.3, -0.25) is 4.79 Å². The highest BCUT2D eigenvalue weighted by Crippen LogP contribution is 2.29. The summed E-state index contributed by atoms with van der Waals surface area (Å²) < 4.78 is 37.1. The standard InChI is InChI=1S/C13H14F3N3O2/c14-13(15,16)8-1-3-9(4-2-8)19-12(21)17-7-10-5-6-11(20)18-10/h1-4,10H,5-7H2,(H,18,20)(H2,17,19,21)/t10-/m1/s1. The Labute approximate surface area is 118 Å². The van der Waals surface area contributed by atoms with Crippen LogP contribution in [0.5, 0.6) is 0 Å². The Hall–Kier alpha value is -2.25. The monoisotopic (exact) mass is 301 g/mol. The van der Waals surface area contributed by atoms with Crippen LogP contribution in [0.15, 0.2) is 24.3 Å². The van der Waals surface area contributed by atoms with Crippen molar-refractivity contribution in [2.24, 2.45) is 0 Å². The van der Waals surface area contributed by atoms with E-state index in [4.69, 9.17) is 0 Å². The summed E-state index contributed by atoms with van der Waals surface area (Å²) in [5.41, 5.74) is -0.516. The van der Waals surface area contributed by atoms with Crippen LogP contribution in [0, 0.1) is 0 Å². The quantitative estimate of drug-likeness (QED) is 0.800. The third kappa shape index (κ3) is 4.37. The summed E-state index contributed by atoms with van der Waals surface area (Å²) in [6.45, 7) is 0.276. The Morgan fingerprint density at radius 2 is 1.95 bits per heavy atom. The summed E-state index contributed by atoms with van der Waals surface area (Å²) in [7, 11) is 0. The number of urea groups is 1. The Morgan fingerprint density at radius 1 is 1.29 bits per heavy atom. The Balaban J connectivity index is 1.81.